The van der Waals surface area contributed by atoms with E-state index in [1.54, 1.807) is 0 Å². The Bertz CT molecular complexity index is 1040. The molecule has 0 aliphatic rings. The lowest BCUT2D eigenvalue weighted by molar-refractivity contribution is 0.672. The Hall–Kier alpha value is -1.80. The van der Waals surface area contributed by atoms with Crippen molar-refractivity contribution in [3.63, 3.8) is 0 Å². The zero-order valence-corrected chi connectivity index (χ0v) is 10.8. The van der Waals surface area contributed by atoms with Crippen molar-refractivity contribution >= 4 is 48.6 Å². The molecule has 0 saturated heterocycles. The average molecular weight is 300 g/mol. The SMILES string of the molecule is [2H]c1c(Br)c([2H])c2c(oc3c4ccccc4ccc32)c1[2H]. The fraction of sp³-hybridized carbons (Fsp3) is 0. The first-order valence-electron chi connectivity index (χ1n) is 7.09. The lowest BCUT2D eigenvalue weighted by Gasteiger charge is -1.97. The highest BCUT2D eigenvalue weighted by Crippen LogP contribution is 2.34. The zero-order valence-electron chi connectivity index (χ0n) is 12.3. The van der Waals surface area contributed by atoms with Gasteiger partial charge in [0.05, 0.1) is 4.11 Å². The molecule has 1 nitrogen and oxygen atoms in total. The van der Waals surface area contributed by atoms with E-state index in [-0.39, 0.29) is 18.1 Å². The maximum Gasteiger partial charge on any atom is 0.143 e. The van der Waals surface area contributed by atoms with Gasteiger partial charge in [-0.25, -0.2) is 0 Å². The molecule has 3 aromatic carbocycles. The van der Waals surface area contributed by atoms with Gasteiger partial charge in [0.1, 0.15) is 11.2 Å². The van der Waals surface area contributed by atoms with Crippen LogP contribution in [0.4, 0.5) is 0 Å². The van der Waals surface area contributed by atoms with Crippen molar-refractivity contribution in [1.29, 1.82) is 0 Å². The standard InChI is InChI=1S/C16H9BrO/c17-11-6-8-15-14(9-11)13-7-5-10-3-1-2-4-12(10)16(13)18-15/h1-9H/i6D,8D,9D. The molecule has 1 aromatic heterocycles. The van der Waals surface area contributed by atoms with Gasteiger partial charge in [0.15, 0.2) is 0 Å². The molecule has 0 fully saturated rings. The lowest BCUT2D eigenvalue weighted by atomic mass is 10.1. The van der Waals surface area contributed by atoms with E-state index in [1.807, 2.05) is 36.4 Å². The molecule has 0 atom stereocenters. The molecule has 0 spiro atoms. The molecule has 0 unspecified atom stereocenters. The van der Waals surface area contributed by atoms with Gasteiger partial charge in [-0.2, -0.15) is 0 Å². The van der Waals surface area contributed by atoms with Gasteiger partial charge in [0.2, 0.25) is 0 Å². The molecule has 86 valence electrons. The molecule has 0 N–H and O–H groups in total. The monoisotopic (exact) mass is 299 g/mol. The van der Waals surface area contributed by atoms with Crippen molar-refractivity contribution in [2.45, 2.75) is 0 Å². The Morgan fingerprint density at radius 2 is 1.83 bits per heavy atom. The largest absolute Gasteiger partial charge is 0.455 e. The number of fused-ring (bicyclic) bond motifs is 5. The van der Waals surface area contributed by atoms with E-state index in [4.69, 9.17) is 8.53 Å². The summed E-state index contributed by atoms with van der Waals surface area (Å²) in [6.07, 6.45) is 0. The van der Waals surface area contributed by atoms with Crippen molar-refractivity contribution in [2.24, 2.45) is 0 Å². The highest BCUT2D eigenvalue weighted by atomic mass is 79.9. The first-order chi connectivity index (χ1) is 10.1. The minimum Gasteiger partial charge on any atom is -0.455 e. The average Bonchev–Trinajstić information content (AvgIpc) is 2.91. The van der Waals surface area contributed by atoms with Gasteiger partial charge in [-0.1, -0.05) is 46.3 Å². The summed E-state index contributed by atoms with van der Waals surface area (Å²) in [5.41, 5.74) is 0.974. The molecule has 0 saturated carbocycles. The Kier molecular flexibility index (Phi) is 1.52. The summed E-state index contributed by atoms with van der Waals surface area (Å²) in [5.74, 6) is 0. The van der Waals surface area contributed by atoms with Crippen molar-refractivity contribution < 1.29 is 8.53 Å². The van der Waals surface area contributed by atoms with Gasteiger partial charge in [-0.15, -0.1) is 0 Å². The Morgan fingerprint density at radius 3 is 2.78 bits per heavy atom. The van der Waals surface area contributed by atoms with E-state index < -0.39 is 0 Å². The molecule has 2 heteroatoms. The molecule has 4 aromatic rings. The second kappa shape index (κ2) is 3.59. The number of furan rings is 1. The molecular weight excluding hydrogens is 288 g/mol. The van der Waals surface area contributed by atoms with Crippen LogP contribution >= 0.6 is 15.9 Å². The number of rotatable bonds is 0. The van der Waals surface area contributed by atoms with Gasteiger partial charge >= 0.3 is 0 Å². The van der Waals surface area contributed by atoms with Crippen molar-refractivity contribution in [1.82, 2.24) is 0 Å². The highest BCUT2D eigenvalue weighted by Gasteiger charge is 2.09. The molecule has 18 heavy (non-hydrogen) atoms. The summed E-state index contributed by atoms with van der Waals surface area (Å²) in [6, 6.07) is 11.9. The third-order valence-corrected chi connectivity index (χ3v) is 3.50. The quantitative estimate of drug-likeness (QED) is 0.418. The number of halogens is 1. The van der Waals surface area contributed by atoms with Crippen LogP contribution in [0.5, 0.6) is 0 Å². The smallest absolute Gasteiger partial charge is 0.143 e. The second-order valence-electron chi connectivity index (χ2n) is 4.16. The zero-order chi connectivity index (χ0) is 14.7. The van der Waals surface area contributed by atoms with Crippen LogP contribution in [0.15, 0.2) is 63.4 Å². The van der Waals surface area contributed by atoms with Crippen LogP contribution in [0.3, 0.4) is 0 Å². The molecule has 0 aliphatic heterocycles. The van der Waals surface area contributed by atoms with Crippen LogP contribution < -0.4 is 0 Å². The maximum atomic E-state index is 8.22. The van der Waals surface area contributed by atoms with Gasteiger partial charge in [0, 0.05) is 20.6 Å². The van der Waals surface area contributed by atoms with Crippen LogP contribution in [-0.2, 0) is 0 Å². The highest BCUT2D eigenvalue weighted by molar-refractivity contribution is 9.10. The first kappa shape index (κ1) is 7.59. The molecule has 0 bridgehead atoms. The van der Waals surface area contributed by atoms with E-state index in [0.717, 1.165) is 16.2 Å². The first-order valence-corrected chi connectivity index (χ1v) is 6.38. The second-order valence-corrected chi connectivity index (χ2v) is 4.95. The summed E-state index contributed by atoms with van der Waals surface area (Å²) in [4.78, 5) is 0. The minimum atomic E-state index is -0.0177. The Balaban J connectivity index is 2.34. The van der Waals surface area contributed by atoms with E-state index >= 15 is 0 Å². The van der Waals surface area contributed by atoms with E-state index in [9.17, 15) is 0 Å². The lowest BCUT2D eigenvalue weighted by Crippen LogP contribution is -1.72. The number of hydrogen-bond acceptors (Lipinski definition) is 1. The summed E-state index contributed by atoms with van der Waals surface area (Å²) < 4.78 is 30.4. The van der Waals surface area contributed by atoms with Crippen LogP contribution in [0, 0.1) is 0 Å². The van der Waals surface area contributed by atoms with Crippen molar-refractivity contribution in [3.8, 4) is 0 Å². The van der Waals surface area contributed by atoms with Crippen molar-refractivity contribution in [3.05, 3.63) is 59.0 Å². The predicted octanol–water partition coefficient (Wildman–Crippen LogP) is 5.50. The third-order valence-electron chi connectivity index (χ3n) is 3.10. The molecule has 0 aliphatic carbocycles. The molecule has 4 rings (SSSR count). The van der Waals surface area contributed by atoms with Crippen LogP contribution in [0.2, 0.25) is 0 Å². The number of benzene rings is 3. The predicted molar refractivity (Wildman–Crippen MR) is 78.9 cm³/mol. The van der Waals surface area contributed by atoms with Gasteiger partial charge in [-0.05, 0) is 29.6 Å². The molecule has 1 heterocycles. The minimum absolute atomic E-state index is 0.00755. The third kappa shape index (κ3) is 1.33. The summed E-state index contributed by atoms with van der Waals surface area (Å²) in [5, 5.41) is 3.39. The van der Waals surface area contributed by atoms with E-state index in [0.29, 0.717) is 21.0 Å². The normalized spacial score (nSPS) is 13.9. The fourth-order valence-electron chi connectivity index (χ4n) is 2.29. The summed E-state index contributed by atoms with van der Waals surface area (Å²) in [6.45, 7) is 0. The number of hydrogen-bond donors (Lipinski definition) is 0. The van der Waals surface area contributed by atoms with Gasteiger partial charge in [-0.3, -0.25) is 0 Å². The fourth-order valence-corrected chi connectivity index (χ4v) is 2.59. The van der Waals surface area contributed by atoms with Crippen LogP contribution in [-0.4, -0.2) is 0 Å². The molecule has 0 radical (unpaired) electrons. The maximum absolute atomic E-state index is 8.22. The topological polar surface area (TPSA) is 13.1 Å². The Morgan fingerprint density at radius 1 is 0.944 bits per heavy atom. The van der Waals surface area contributed by atoms with Crippen LogP contribution in [0.25, 0.3) is 32.7 Å². The molecule has 0 amide bonds. The van der Waals surface area contributed by atoms with Gasteiger partial charge in [0.25, 0.3) is 0 Å². The van der Waals surface area contributed by atoms with Gasteiger partial charge < -0.3 is 4.42 Å². The van der Waals surface area contributed by atoms with E-state index in [1.165, 1.54) is 0 Å². The summed E-state index contributed by atoms with van der Waals surface area (Å²) in [7, 11) is 0. The molecular formula is C16H9BrO. The van der Waals surface area contributed by atoms with E-state index in [2.05, 4.69) is 15.9 Å². The Labute approximate surface area is 116 Å². The summed E-state index contributed by atoms with van der Waals surface area (Å²) >= 11 is 3.23. The van der Waals surface area contributed by atoms with Crippen molar-refractivity contribution in [2.75, 3.05) is 0 Å². The van der Waals surface area contributed by atoms with Crippen LogP contribution in [0.1, 0.15) is 4.11 Å².